The number of benzene rings is 1. The van der Waals surface area contributed by atoms with Crippen LogP contribution in [0, 0.1) is 5.92 Å². The third-order valence-corrected chi connectivity index (χ3v) is 7.33. The van der Waals surface area contributed by atoms with Gasteiger partial charge < -0.3 is 9.73 Å². The first-order valence-corrected chi connectivity index (χ1v) is 13.0. The molecule has 10 heteroatoms. The number of aliphatic imine (C=N–C) groups is 2. The Morgan fingerprint density at radius 2 is 1.89 bits per heavy atom. The molecule has 0 radical (unpaired) electrons. The summed E-state index contributed by atoms with van der Waals surface area (Å²) in [5, 5.41) is 12.6. The highest BCUT2D eigenvalue weighted by molar-refractivity contribution is 8.13. The Morgan fingerprint density at radius 1 is 1.09 bits per heavy atom. The van der Waals surface area contributed by atoms with Crippen LogP contribution in [0.5, 0.6) is 0 Å². The van der Waals surface area contributed by atoms with Crippen molar-refractivity contribution >= 4 is 46.1 Å². The monoisotopic (exact) mass is 509 g/mol. The van der Waals surface area contributed by atoms with E-state index in [4.69, 9.17) is 16.0 Å². The summed E-state index contributed by atoms with van der Waals surface area (Å²) >= 11 is 7.28. The number of carbonyl (C=O) groups excluding carboxylic acids is 2. The summed E-state index contributed by atoms with van der Waals surface area (Å²) in [5.74, 6) is 1.26. The Balaban J connectivity index is 1.05. The molecule has 35 heavy (non-hydrogen) atoms. The first-order chi connectivity index (χ1) is 17.0. The molecular formula is C25H24ClN5O3S. The average Bonchev–Trinajstić information content (AvgIpc) is 3.35. The molecule has 1 atom stereocenters. The number of carbonyl (C=O) groups is 2. The van der Waals surface area contributed by atoms with E-state index in [-0.39, 0.29) is 29.7 Å². The predicted molar refractivity (Wildman–Crippen MR) is 137 cm³/mol. The Hall–Kier alpha value is -3.04. The topological polar surface area (TPSA) is 110 Å². The van der Waals surface area contributed by atoms with Gasteiger partial charge in [-0.25, -0.2) is 4.99 Å². The Morgan fingerprint density at radius 3 is 2.69 bits per heavy atom. The molecule has 1 aromatic carbocycles. The van der Waals surface area contributed by atoms with E-state index in [9.17, 15) is 9.59 Å². The quantitative estimate of drug-likeness (QED) is 0.602. The van der Waals surface area contributed by atoms with E-state index < -0.39 is 0 Å². The molecule has 1 aromatic heterocycles. The molecule has 2 heterocycles. The van der Waals surface area contributed by atoms with Crippen LogP contribution in [-0.4, -0.2) is 44.7 Å². The van der Waals surface area contributed by atoms with Crippen LogP contribution in [0.2, 0.25) is 5.02 Å². The minimum absolute atomic E-state index is 0.00229. The molecule has 1 N–H and O–H groups in total. The second-order valence-electron chi connectivity index (χ2n) is 8.66. The first-order valence-electron chi connectivity index (χ1n) is 11.6. The number of nitrogens with zero attached hydrogens (tertiary/aromatic N) is 4. The highest BCUT2D eigenvalue weighted by Crippen LogP contribution is 2.33. The lowest BCUT2D eigenvalue weighted by Gasteiger charge is -2.27. The smallest absolute Gasteiger partial charge is 0.261 e. The van der Waals surface area contributed by atoms with Gasteiger partial charge in [0.2, 0.25) is 17.7 Å². The van der Waals surface area contributed by atoms with E-state index in [2.05, 4.69) is 25.5 Å². The van der Waals surface area contributed by atoms with Gasteiger partial charge in [0.15, 0.2) is 5.17 Å². The normalized spacial score (nSPS) is 23.5. The average molecular weight is 510 g/mol. The molecule has 2 aromatic rings. The molecule has 2 amide bonds. The summed E-state index contributed by atoms with van der Waals surface area (Å²) < 4.78 is 5.91. The summed E-state index contributed by atoms with van der Waals surface area (Å²) in [4.78, 5) is 33.1. The minimum atomic E-state index is -0.376. The molecule has 2 aliphatic carbocycles. The van der Waals surface area contributed by atoms with Gasteiger partial charge in [0.1, 0.15) is 5.92 Å². The van der Waals surface area contributed by atoms with Crippen LogP contribution in [0.15, 0.2) is 63.0 Å². The molecule has 1 aliphatic heterocycles. The largest absolute Gasteiger partial charge is 0.420 e. The summed E-state index contributed by atoms with van der Waals surface area (Å²) in [6.07, 6.45) is 11.1. The Kier molecular flexibility index (Phi) is 7.24. The van der Waals surface area contributed by atoms with Crippen molar-refractivity contribution in [1.29, 1.82) is 0 Å². The number of aromatic nitrogens is 2. The van der Waals surface area contributed by atoms with Crippen molar-refractivity contribution in [2.75, 3.05) is 5.75 Å². The fourth-order valence-electron chi connectivity index (χ4n) is 4.34. The summed E-state index contributed by atoms with van der Waals surface area (Å²) in [6.45, 7) is 0. The third kappa shape index (κ3) is 5.79. The van der Waals surface area contributed by atoms with Gasteiger partial charge in [0.25, 0.3) is 5.91 Å². The van der Waals surface area contributed by atoms with Gasteiger partial charge in [-0.1, -0.05) is 41.6 Å². The van der Waals surface area contributed by atoms with E-state index in [1.165, 1.54) is 11.8 Å². The fraction of sp³-hybridized carbons (Fsp3) is 0.360. The number of amides is 2. The van der Waals surface area contributed by atoms with Gasteiger partial charge in [0.05, 0.1) is 5.71 Å². The molecule has 1 fully saturated rings. The molecule has 3 aliphatic rings. The number of hydrogen-bond donors (Lipinski definition) is 1. The number of rotatable bonds is 6. The first kappa shape index (κ1) is 23.7. The lowest BCUT2D eigenvalue weighted by molar-refractivity contribution is -0.121. The zero-order chi connectivity index (χ0) is 24.2. The van der Waals surface area contributed by atoms with Crippen molar-refractivity contribution in [3.63, 3.8) is 0 Å². The summed E-state index contributed by atoms with van der Waals surface area (Å²) in [5.41, 5.74) is 1.55. The van der Waals surface area contributed by atoms with Crippen molar-refractivity contribution in [3.05, 3.63) is 59.5 Å². The number of nitrogens with one attached hydrogen (secondary N) is 1. The molecular weight excluding hydrogens is 486 g/mol. The molecule has 0 bridgehead atoms. The SMILES string of the molecule is O=C(CCSC1=NC(=O)C2C=CC=CC2=N1)NC1CCC(c2nnc(-c3ccc(Cl)cc3)o2)CC1. The van der Waals surface area contributed by atoms with Crippen molar-refractivity contribution in [2.45, 2.75) is 44.1 Å². The maximum atomic E-state index is 12.4. The van der Waals surface area contributed by atoms with Crippen LogP contribution in [0.25, 0.3) is 11.5 Å². The zero-order valence-electron chi connectivity index (χ0n) is 18.9. The molecule has 5 rings (SSSR count). The Labute approximate surface area is 212 Å². The van der Waals surface area contributed by atoms with E-state index in [0.717, 1.165) is 31.2 Å². The number of halogens is 1. The number of fused-ring (bicyclic) bond motifs is 1. The molecule has 1 unspecified atom stereocenters. The zero-order valence-corrected chi connectivity index (χ0v) is 20.5. The van der Waals surface area contributed by atoms with Gasteiger partial charge in [-0.3, -0.25) is 9.59 Å². The molecule has 8 nitrogen and oxygen atoms in total. The van der Waals surface area contributed by atoms with Gasteiger partial charge in [-0.2, -0.15) is 4.99 Å². The van der Waals surface area contributed by atoms with Crippen molar-refractivity contribution in [2.24, 2.45) is 15.9 Å². The molecule has 180 valence electrons. The second-order valence-corrected chi connectivity index (χ2v) is 10.2. The standard InChI is InChI=1S/C25H24ClN5O3S/c26-17-9-5-15(6-10-17)23-30-31-24(34-23)16-7-11-18(12-8-16)27-21(32)13-14-35-25-28-20-4-2-1-3-19(20)22(33)29-25/h1-6,9-10,16,18-19H,7-8,11-14H2,(H,27,32). The van der Waals surface area contributed by atoms with E-state index in [1.807, 2.05) is 30.4 Å². The highest BCUT2D eigenvalue weighted by atomic mass is 35.5. The van der Waals surface area contributed by atoms with Crippen LogP contribution in [-0.2, 0) is 9.59 Å². The highest BCUT2D eigenvalue weighted by Gasteiger charge is 2.28. The van der Waals surface area contributed by atoms with Crippen molar-refractivity contribution in [1.82, 2.24) is 15.5 Å². The lowest BCUT2D eigenvalue weighted by atomic mass is 9.86. The molecule has 0 saturated heterocycles. The third-order valence-electron chi connectivity index (χ3n) is 6.23. The van der Waals surface area contributed by atoms with E-state index in [1.54, 1.807) is 18.2 Å². The number of amidine groups is 1. The van der Waals surface area contributed by atoms with Crippen LogP contribution >= 0.6 is 23.4 Å². The van der Waals surface area contributed by atoms with Gasteiger partial charge in [-0.05, 0) is 56.0 Å². The second kappa shape index (κ2) is 10.7. The van der Waals surface area contributed by atoms with Crippen LogP contribution in [0.1, 0.15) is 43.9 Å². The summed E-state index contributed by atoms with van der Waals surface area (Å²) in [7, 11) is 0. The Bertz CT molecular complexity index is 1230. The van der Waals surface area contributed by atoms with Crippen molar-refractivity contribution in [3.8, 4) is 11.5 Å². The minimum Gasteiger partial charge on any atom is -0.420 e. The van der Waals surface area contributed by atoms with Gasteiger partial charge >= 0.3 is 0 Å². The molecule has 0 spiro atoms. The van der Waals surface area contributed by atoms with E-state index in [0.29, 0.717) is 39.9 Å². The number of thioether (sulfide) groups is 1. The number of hydrogen-bond acceptors (Lipinski definition) is 7. The van der Waals surface area contributed by atoms with Crippen LogP contribution in [0.3, 0.4) is 0 Å². The molecule has 1 saturated carbocycles. The van der Waals surface area contributed by atoms with Gasteiger partial charge in [0, 0.05) is 34.7 Å². The lowest BCUT2D eigenvalue weighted by Crippen LogP contribution is -2.37. The van der Waals surface area contributed by atoms with Crippen LogP contribution < -0.4 is 5.32 Å². The van der Waals surface area contributed by atoms with Gasteiger partial charge in [-0.15, -0.1) is 10.2 Å². The van der Waals surface area contributed by atoms with Crippen molar-refractivity contribution < 1.29 is 14.0 Å². The maximum absolute atomic E-state index is 12.4. The van der Waals surface area contributed by atoms with Crippen LogP contribution in [0.4, 0.5) is 0 Å². The van der Waals surface area contributed by atoms with E-state index >= 15 is 0 Å². The number of allylic oxidation sites excluding steroid dienone is 3. The maximum Gasteiger partial charge on any atom is 0.261 e. The summed E-state index contributed by atoms with van der Waals surface area (Å²) in [6, 6.07) is 7.44. The predicted octanol–water partition coefficient (Wildman–Crippen LogP) is 4.74. The fourth-order valence-corrected chi connectivity index (χ4v) is 5.26.